The number of rotatable bonds is 6. The summed E-state index contributed by atoms with van der Waals surface area (Å²) in [5.41, 5.74) is 0.965. The lowest BCUT2D eigenvalue weighted by molar-refractivity contribution is 0.546. The van der Waals surface area contributed by atoms with Gasteiger partial charge in [0, 0.05) is 5.38 Å². The number of aryl methyl sites for hydroxylation is 2. The molecule has 0 radical (unpaired) electrons. The molecule has 0 unspecified atom stereocenters. The zero-order valence-corrected chi connectivity index (χ0v) is 11.1. The number of hydrogen-bond donors (Lipinski definition) is 1. The van der Waals surface area contributed by atoms with E-state index in [0.29, 0.717) is 0 Å². The van der Waals surface area contributed by atoms with E-state index in [9.17, 15) is 0 Å². The summed E-state index contributed by atoms with van der Waals surface area (Å²) in [4.78, 5) is 4.60. The Hall–Kier alpha value is -1.13. The van der Waals surface area contributed by atoms with Crippen LogP contribution in [0, 0.1) is 6.92 Å². The molecule has 0 amide bonds. The molecule has 92 valence electrons. The van der Waals surface area contributed by atoms with Gasteiger partial charge in [-0.1, -0.05) is 0 Å². The zero-order chi connectivity index (χ0) is 12.1. The zero-order valence-electron chi connectivity index (χ0n) is 10.3. The maximum absolute atomic E-state index is 5.56. The van der Waals surface area contributed by atoms with Gasteiger partial charge in [-0.25, -0.2) is 4.98 Å². The van der Waals surface area contributed by atoms with Crippen molar-refractivity contribution in [3.63, 3.8) is 0 Å². The first-order chi connectivity index (χ1) is 8.29. The molecule has 0 saturated heterocycles. The monoisotopic (exact) mass is 250 g/mol. The van der Waals surface area contributed by atoms with Gasteiger partial charge in [0.1, 0.15) is 11.5 Å². The summed E-state index contributed by atoms with van der Waals surface area (Å²) in [6.45, 7) is 3.03. The number of aromatic nitrogens is 1. The van der Waals surface area contributed by atoms with Crippen molar-refractivity contribution in [2.45, 2.75) is 26.2 Å². The summed E-state index contributed by atoms with van der Waals surface area (Å²) in [5, 5.41) is 6.43. The fourth-order valence-corrected chi connectivity index (χ4v) is 2.52. The number of furan rings is 1. The summed E-state index contributed by atoms with van der Waals surface area (Å²) in [7, 11) is 1.99. The predicted molar refractivity (Wildman–Crippen MR) is 71.4 cm³/mol. The van der Waals surface area contributed by atoms with Crippen molar-refractivity contribution in [3.05, 3.63) is 28.3 Å². The highest BCUT2D eigenvalue weighted by atomic mass is 32.1. The van der Waals surface area contributed by atoms with Crippen molar-refractivity contribution < 1.29 is 4.42 Å². The van der Waals surface area contributed by atoms with Crippen LogP contribution in [0.2, 0.25) is 0 Å². The first-order valence-electron chi connectivity index (χ1n) is 5.95. The third-order valence-electron chi connectivity index (χ3n) is 2.61. The summed E-state index contributed by atoms with van der Waals surface area (Å²) < 4.78 is 5.56. The van der Waals surface area contributed by atoms with Gasteiger partial charge in [-0.3, -0.25) is 0 Å². The molecule has 0 fully saturated rings. The van der Waals surface area contributed by atoms with Gasteiger partial charge >= 0.3 is 0 Å². The quantitative estimate of drug-likeness (QED) is 0.800. The van der Waals surface area contributed by atoms with E-state index in [1.807, 2.05) is 26.1 Å². The molecule has 17 heavy (non-hydrogen) atoms. The van der Waals surface area contributed by atoms with E-state index in [0.717, 1.165) is 30.2 Å². The lowest BCUT2D eigenvalue weighted by Crippen LogP contribution is -2.07. The van der Waals surface area contributed by atoms with Gasteiger partial charge in [-0.05, 0) is 51.9 Å². The lowest BCUT2D eigenvalue weighted by Gasteiger charge is -1.97. The predicted octanol–water partition coefficient (Wildman–Crippen LogP) is 3.25. The van der Waals surface area contributed by atoms with Crippen LogP contribution >= 0.6 is 11.3 Å². The largest absolute Gasteiger partial charge is 0.460 e. The SMILES string of the molecule is CNCCCCc1nc(-c2ccc(C)o2)cs1. The standard InChI is InChI=1S/C13H18N2OS/c1-10-6-7-12(16-10)11-9-17-13(15-11)5-3-4-8-14-2/h6-7,9,14H,3-5,8H2,1-2H3. The fraction of sp³-hybridized carbons (Fsp3) is 0.462. The second kappa shape index (κ2) is 5.98. The Balaban J connectivity index is 1.92. The summed E-state index contributed by atoms with van der Waals surface area (Å²) in [5.74, 6) is 1.81. The van der Waals surface area contributed by atoms with Gasteiger partial charge in [-0.2, -0.15) is 0 Å². The smallest absolute Gasteiger partial charge is 0.153 e. The topological polar surface area (TPSA) is 38.1 Å². The minimum absolute atomic E-state index is 0.875. The van der Waals surface area contributed by atoms with Crippen LogP contribution in [0.4, 0.5) is 0 Å². The summed E-state index contributed by atoms with van der Waals surface area (Å²) in [6, 6.07) is 3.95. The van der Waals surface area contributed by atoms with Gasteiger partial charge in [0.2, 0.25) is 0 Å². The van der Waals surface area contributed by atoms with Crippen molar-refractivity contribution in [1.29, 1.82) is 0 Å². The minimum atomic E-state index is 0.875. The van der Waals surface area contributed by atoms with E-state index in [-0.39, 0.29) is 0 Å². The molecule has 3 nitrogen and oxygen atoms in total. The van der Waals surface area contributed by atoms with E-state index in [1.165, 1.54) is 17.8 Å². The lowest BCUT2D eigenvalue weighted by atomic mass is 10.2. The Morgan fingerprint density at radius 1 is 1.35 bits per heavy atom. The van der Waals surface area contributed by atoms with E-state index < -0.39 is 0 Å². The molecular weight excluding hydrogens is 232 g/mol. The van der Waals surface area contributed by atoms with Crippen molar-refractivity contribution in [2.24, 2.45) is 0 Å². The molecule has 0 aliphatic heterocycles. The van der Waals surface area contributed by atoms with Crippen LogP contribution in [-0.4, -0.2) is 18.6 Å². The van der Waals surface area contributed by atoms with Crippen LogP contribution in [0.15, 0.2) is 21.9 Å². The normalized spacial score (nSPS) is 10.9. The molecule has 2 heterocycles. The van der Waals surface area contributed by atoms with Crippen molar-refractivity contribution >= 4 is 11.3 Å². The maximum Gasteiger partial charge on any atom is 0.153 e. The Labute approximate surface area is 106 Å². The summed E-state index contributed by atoms with van der Waals surface area (Å²) >= 11 is 1.72. The van der Waals surface area contributed by atoms with E-state index in [1.54, 1.807) is 11.3 Å². The van der Waals surface area contributed by atoms with Crippen molar-refractivity contribution in [3.8, 4) is 11.5 Å². The first-order valence-corrected chi connectivity index (χ1v) is 6.83. The second-order valence-corrected chi connectivity index (χ2v) is 5.04. The number of nitrogens with zero attached hydrogens (tertiary/aromatic N) is 1. The summed E-state index contributed by atoms with van der Waals surface area (Å²) in [6.07, 6.45) is 3.45. The van der Waals surface area contributed by atoms with Crippen LogP contribution in [0.5, 0.6) is 0 Å². The molecule has 0 aliphatic rings. The van der Waals surface area contributed by atoms with Crippen molar-refractivity contribution in [1.82, 2.24) is 10.3 Å². The number of unbranched alkanes of at least 4 members (excludes halogenated alkanes) is 1. The molecule has 2 aromatic heterocycles. The minimum Gasteiger partial charge on any atom is -0.460 e. The maximum atomic E-state index is 5.56. The molecule has 1 N–H and O–H groups in total. The fourth-order valence-electron chi connectivity index (χ4n) is 1.69. The third-order valence-corrected chi connectivity index (χ3v) is 3.52. The van der Waals surface area contributed by atoms with E-state index >= 15 is 0 Å². The van der Waals surface area contributed by atoms with E-state index in [2.05, 4.69) is 15.7 Å². The Kier molecular flexibility index (Phi) is 4.34. The highest BCUT2D eigenvalue weighted by Crippen LogP contribution is 2.24. The van der Waals surface area contributed by atoms with E-state index in [4.69, 9.17) is 4.42 Å². The Bertz CT molecular complexity index is 461. The molecule has 0 spiro atoms. The van der Waals surface area contributed by atoms with Gasteiger partial charge < -0.3 is 9.73 Å². The van der Waals surface area contributed by atoms with Crippen LogP contribution in [0.3, 0.4) is 0 Å². The highest BCUT2D eigenvalue weighted by molar-refractivity contribution is 7.09. The average molecular weight is 250 g/mol. The number of nitrogens with one attached hydrogen (secondary N) is 1. The van der Waals surface area contributed by atoms with Gasteiger partial charge in [0.25, 0.3) is 0 Å². The van der Waals surface area contributed by atoms with Gasteiger partial charge in [-0.15, -0.1) is 11.3 Å². The average Bonchev–Trinajstić information content (AvgIpc) is 2.93. The highest BCUT2D eigenvalue weighted by Gasteiger charge is 2.07. The van der Waals surface area contributed by atoms with Crippen LogP contribution in [-0.2, 0) is 6.42 Å². The molecule has 0 atom stereocenters. The van der Waals surface area contributed by atoms with Crippen LogP contribution < -0.4 is 5.32 Å². The Morgan fingerprint density at radius 2 is 2.24 bits per heavy atom. The first kappa shape index (κ1) is 12.3. The number of thiazole rings is 1. The molecule has 4 heteroatoms. The second-order valence-electron chi connectivity index (χ2n) is 4.10. The molecular formula is C13H18N2OS. The molecule has 0 aromatic carbocycles. The number of hydrogen-bond acceptors (Lipinski definition) is 4. The molecule has 2 aromatic rings. The molecule has 2 rings (SSSR count). The molecule has 0 aliphatic carbocycles. The van der Waals surface area contributed by atoms with Crippen LogP contribution in [0.25, 0.3) is 11.5 Å². The van der Waals surface area contributed by atoms with Crippen molar-refractivity contribution in [2.75, 3.05) is 13.6 Å². The van der Waals surface area contributed by atoms with Gasteiger partial charge in [0.15, 0.2) is 5.76 Å². The third kappa shape index (κ3) is 3.41. The molecule has 0 bridgehead atoms. The Morgan fingerprint density at radius 3 is 2.94 bits per heavy atom. The van der Waals surface area contributed by atoms with Gasteiger partial charge in [0.05, 0.1) is 5.01 Å². The van der Waals surface area contributed by atoms with Crippen LogP contribution in [0.1, 0.15) is 23.6 Å². The molecule has 0 saturated carbocycles.